The van der Waals surface area contributed by atoms with Gasteiger partial charge in [-0.05, 0) is 25.1 Å². The molecular formula is C20H14ClN3O. The minimum atomic E-state index is -0.419. The molecule has 4 aromatic rings. The molecule has 5 heteroatoms. The Labute approximate surface area is 149 Å². The van der Waals surface area contributed by atoms with Gasteiger partial charge in [0, 0.05) is 16.5 Å². The van der Waals surface area contributed by atoms with Gasteiger partial charge >= 0.3 is 5.69 Å². The molecule has 25 heavy (non-hydrogen) atoms. The first kappa shape index (κ1) is 15.5. The van der Waals surface area contributed by atoms with Gasteiger partial charge in [0.2, 0.25) is 0 Å². The number of aromatic nitrogens is 3. The molecular weight excluding hydrogens is 334 g/mol. The summed E-state index contributed by atoms with van der Waals surface area (Å²) in [5.74, 6) is 0. The lowest BCUT2D eigenvalue weighted by atomic mass is 10.1. The average molecular weight is 348 g/mol. The maximum Gasteiger partial charge on any atom is 0.345 e. The number of para-hydroxylation sites is 1. The highest BCUT2D eigenvalue weighted by Gasteiger charge is 2.11. The van der Waals surface area contributed by atoms with Crippen LogP contribution >= 0.6 is 11.6 Å². The summed E-state index contributed by atoms with van der Waals surface area (Å²) >= 11 is 6.36. The van der Waals surface area contributed by atoms with Crippen LogP contribution < -0.4 is 5.69 Å². The molecule has 2 aromatic heterocycles. The van der Waals surface area contributed by atoms with Crippen LogP contribution in [0.15, 0.2) is 65.5 Å². The zero-order valence-electron chi connectivity index (χ0n) is 13.5. The van der Waals surface area contributed by atoms with Crippen molar-refractivity contribution < 1.29 is 0 Å². The fraction of sp³-hybridized carbons (Fsp3) is 0.0500. The predicted molar refractivity (Wildman–Crippen MR) is 101 cm³/mol. The number of rotatable bonds is 2. The van der Waals surface area contributed by atoms with E-state index in [-0.39, 0.29) is 0 Å². The van der Waals surface area contributed by atoms with E-state index in [2.05, 4.69) is 15.0 Å². The molecule has 0 radical (unpaired) electrons. The lowest BCUT2D eigenvalue weighted by Crippen LogP contribution is -2.12. The van der Waals surface area contributed by atoms with Crippen LogP contribution in [0.4, 0.5) is 0 Å². The first-order valence-electron chi connectivity index (χ1n) is 7.84. The van der Waals surface area contributed by atoms with Gasteiger partial charge in [0.15, 0.2) is 0 Å². The topological polar surface area (TPSA) is 58.6 Å². The summed E-state index contributed by atoms with van der Waals surface area (Å²) in [6, 6.07) is 19.3. The minimum Gasteiger partial charge on any atom is -0.305 e. The summed E-state index contributed by atoms with van der Waals surface area (Å²) in [6.07, 6.45) is 0. The van der Waals surface area contributed by atoms with E-state index in [1.807, 2.05) is 67.6 Å². The number of aromatic amines is 1. The van der Waals surface area contributed by atoms with Crippen LogP contribution in [0.3, 0.4) is 0 Å². The van der Waals surface area contributed by atoms with Crippen molar-refractivity contribution in [2.24, 2.45) is 0 Å². The maximum absolute atomic E-state index is 12.1. The number of nitrogens with one attached hydrogen (secondary N) is 1. The van der Waals surface area contributed by atoms with E-state index >= 15 is 0 Å². The molecule has 0 saturated carbocycles. The fourth-order valence-electron chi connectivity index (χ4n) is 2.76. The number of halogens is 1. The number of hydrogen-bond donors (Lipinski definition) is 1. The molecule has 1 N–H and O–H groups in total. The average Bonchev–Trinajstić information content (AvgIpc) is 2.61. The number of nitrogens with zero attached hydrogens (tertiary/aromatic N) is 2. The van der Waals surface area contributed by atoms with E-state index in [1.165, 1.54) is 0 Å². The van der Waals surface area contributed by atoms with Gasteiger partial charge in [0.1, 0.15) is 5.15 Å². The highest BCUT2D eigenvalue weighted by atomic mass is 35.5. The number of aryl methyl sites for hydroxylation is 1. The second-order valence-corrected chi connectivity index (χ2v) is 6.23. The number of fused-ring (bicyclic) bond motifs is 1. The predicted octanol–water partition coefficient (Wildman–Crippen LogP) is 4.61. The van der Waals surface area contributed by atoms with Crippen molar-refractivity contribution in [1.29, 1.82) is 0 Å². The standard InChI is InChI=1S/C20H14ClN3O/c1-12-6-8-13(9-7-12)17-11-18(24-20(25)23-17)15-10-14-4-2-3-5-16(14)22-19(15)21/h2-11H,1H3,(H,23,24,25). The summed E-state index contributed by atoms with van der Waals surface area (Å²) in [6.45, 7) is 2.01. The number of pyridine rings is 1. The summed E-state index contributed by atoms with van der Waals surface area (Å²) in [7, 11) is 0. The highest BCUT2D eigenvalue weighted by molar-refractivity contribution is 6.32. The Morgan fingerprint density at radius 2 is 1.72 bits per heavy atom. The van der Waals surface area contributed by atoms with Crippen molar-refractivity contribution in [2.45, 2.75) is 6.92 Å². The zero-order chi connectivity index (χ0) is 17.4. The lowest BCUT2D eigenvalue weighted by molar-refractivity contribution is 1.08. The number of hydrogen-bond acceptors (Lipinski definition) is 3. The Morgan fingerprint density at radius 1 is 0.960 bits per heavy atom. The van der Waals surface area contributed by atoms with E-state index in [1.54, 1.807) is 0 Å². The Kier molecular flexibility index (Phi) is 3.82. The largest absolute Gasteiger partial charge is 0.345 e. The second kappa shape index (κ2) is 6.15. The van der Waals surface area contributed by atoms with Crippen molar-refractivity contribution in [3.05, 3.63) is 81.9 Å². The van der Waals surface area contributed by atoms with Crippen LogP contribution in [0.2, 0.25) is 5.15 Å². The first-order chi connectivity index (χ1) is 12.1. The molecule has 0 aliphatic carbocycles. The molecule has 0 bridgehead atoms. The van der Waals surface area contributed by atoms with Gasteiger partial charge < -0.3 is 4.98 Å². The maximum atomic E-state index is 12.1. The van der Waals surface area contributed by atoms with Gasteiger partial charge in [-0.15, -0.1) is 0 Å². The normalized spacial score (nSPS) is 11.0. The minimum absolute atomic E-state index is 0.343. The van der Waals surface area contributed by atoms with Gasteiger partial charge in [-0.3, -0.25) is 0 Å². The molecule has 0 amide bonds. The Morgan fingerprint density at radius 3 is 2.52 bits per heavy atom. The number of H-pyrrole nitrogens is 1. The Bertz CT molecular complexity index is 1130. The van der Waals surface area contributed by atoms with E-state index in [0.29, 0.717) is 22.1 Å². The molecule has 4 rings (SSSR count). The van der Waals surface area contributed by atoms with Crippen LogP contribution in [0.1, 0.15) is 5.56 Å². The monoisotopic (exact) mass is 347 g/mol. The van der Waals surface area contributed by atoms with Gasteiger partial charge in [0.05, 0.1) is 16.9 Å². The molecule has 0 saturated heterocycles. The van der Waals surface area contributed by atoms with Gasteiger partial charge in [-0.2, -0.15) is 4.98 Å². The molecule has 0 unspecified atom stereocenters. The number of benzene rings is 2. The van der Waals surface area contributed by atoms with Crippen molar-refractivity contribution in [1.82, 2.24) is 15.0 Å². The Hall–Kier alpha value is -2.98. The third kappa shape index (κ3) is 3.04. The summed E-state index contributed by atoms with van der Waals surface area (Å²) in [4.78, 5) is 23.3. The van der Waals surface area contributed by atoms with E-state index < -0.39 is 5.69 Å². The third-order valence-corrected chi connectivity index (χ3v) is 4.35. The van der Waals surface area contributed by atoms with E-state index in [0.717, 1.165) is 22.0 Å². The van der Waals surface area contributed by atoms with Crippen LogP contribution in [-0.2, 0) is 0 Å². The van der Waals surface area contributed by atoms with Crippen LogP contribution in [0, 0.1) is 6.92 Å². The van der Waals surface area contributed by atoms with Gasteiger partial charge in [-0.1, -0.05) is 59.6 Å². The lowest BCUT2D eigenvalue weighted by Gasteiger charge is -2.08. The summed E-state index contributed by atoms with van der Waals surface area (Å²) in [5.41, 5.74) is 4.29. The SMILES string of the molecule is Cc1ccc(-c2cc(-c3cc4ccccc4nc3Cl)[nH]c(=O)n2)cc1. The molecule has 122 valence electrons. The van der Waals surface area contributed by atoms with Crippen LogP contribution in [0.5, 0.6) is 0 Å². The molecule has 0 aliphatic rings. The summed E-state index contributed by atoms with van der Waals surface area (Å²) in [5, 5.41) is 1.30. The molecule has 0 atom stereocenters. The van der Waals surface area contributed by atoms with Crippen molar-refractivity contribution in [3.63, 3.8) is 0 Å². The van der Waals surface area contributed by atoms with Crippen molar-refractivity contribution in [3.8, 4) is 22.5 Å². The molecule has 0 fully saturated rings. The molecule has 2 heterocycles. The van der Waals surface area contributed by atoms with E-state index in [9.17, 15) is 4.79 Å². The fourth-order valence-corrected chi connectivity index (χ4v) is 3.00. The molecule has 2 aromatic carbocycles. The molecule has 0 aliphatic heterocycles. The second-order valence-electron chi connectivity index (χ2n) is 5.87. The van der Waals surface area contributed by atoms with Crippen LogP contribution in [0.25, 0.3) is 33.4 Å². The quantitative estimate of drug-likeness (QED) is 0.538. The molecule has 4 nitrogen and oxygen atoms in total. The summed E-state index contributed by atoms with van der Waals surface area (Å²) < 4.78 is 0. The zero-order valence-corrected chi connectivity index (χ0v) is 14.2. The van der Waals surface area contributed by atoms with Gasteiger partial charge in [0.25, 0.3) is 0 Å². The van der Waals surface area contributed by atoms with Crippen molar-refractivity contribution in [2.75, 3.05) is 0 Å². The van der Waals surface area contributed by atoms with Crippen molar-refractivity contribution >= 4 is 22.5 Å². The smallest absolute Gasteiger partial charge is 0.305 e. The molecule has 0 spiro atoms. The Balaban J connectivity index is 1.90. The highest BCUT2D eigenvalue weighted by Crippen LogP contribution is 2.29. The first-order valence-corrected chi connectivity index (χ1v) is 8.22. The van der Waals surface area contributed by atoms with Crippen LogP contribution in [-0.4, -0.2) is 15.0 Å². The van der Waals surface area contributed by atoms with Gasteiger partial charge in [-0.25, -0.2) is 9.78 Å². The van der Waals surface area contributed by atoms with E-state index in [4.69, 9.17) is 11.6 Å². The third-order valence-electron chi connectivity index (χ3n) is 4.06.